The average molecular weight is 479 g/mol. The summed E-state index contributed by atoms with van der Waals surface area (Å²) in [6, 6.07) is 13.6. The van der Waals surface area contributed by atoms with Crippen LogP contribution in [-0.4, -0.2) is 28.2 Å². The van der Waals surface area contributed by atoms with Gasteiger partial charge in [0.15, 0.2) is 0 Å². The molecule has 0 aromatic heterocycles. The molecule has 1 atom stereocenters. The molecule has 0 N–H and O–H groups in total. The quantitative estimate of drug-likeness (QED) is 0.348. The van der Waals surface area contributed by atoms with E-state index in [0.717, 1.165) is 11.1 Å². The molecule has 1 aliphatic rings. The van der Waals surface area contributed by atoms with Crippen molar-refractivity contribution >= 4 is 41.3 Å². The van der Waals surface area contributed by atoms with Crippen LogP contribution >= 0.6 is 35.3 Å². The molecular formula is C24H28Cl2N2O2S. The summed E-state index contributed by atoms with van der Waals surface area (Å²) < 4.78 is 9.42. The van der Waals surface area contributed by atoms with Crippen LogP contribution < -0.4 is 0 Å². The fraction of sp³-hybridized carbons (Fsp3) is 0.375. The largest absolute Gasteiger partial charge is 0.463 e. The molecule has 2 aromatic rings. The molecule has 1 heterocycles. The van der Waals surface area contributed by atoms with Crippen LogP contribution in [0.1, 0.15) is 50.4 Å². The van der Waals surface area contributed by atoms with Crippen LogP contribution in [0.4, 0.5) is 0 Å². The Bertz CT molecular complexity index is 971. The monoisotopic (exact) mass is 478 g/mol. The number of hydrogen-bond donors (Lipinski definition) is 0. The van der Waals surface area contributed by atoms with Crippen molar-refractivity contribution in [2.75, 3.05) is 13.7 Å². The van der Waals surface area contributed by atoms with Gasteiger partial charge in [-0.3, -0.25) is 0 Å². The highest BCUT2D eigenvalue weighted by Crippen LogP contribution is 2.42. The third-order valence-corrected chi connectivity index (χ3v) is 6.58. The topological polar surface area (TPSA) is 32.8 Å². The lowest BCUT2D eigenvalue weighted by Gasteiger charge is -2.37. The SMILES string of the molecule is CCOC(=O)C1=CN(Cc2ccc(C(C)(C)C)cc2)SN(C)C1c1ccc(Cl)cc1Cl. The lowest BCUT2D eigenvalue weighted by molar-refractivity contribution is -0.139. The minimum Gasteiger partial charge on any atom is -0.463 e. The highest BCUT2D eigenvalue weighted by Gasteiger charge is 2.35. The van der Waals surface area contributed by atoms with Gasteiger partial charge in [-0.05, 0) is 41.2 Å². The first kappa shape index (κ1) is 24.0. The molecule has 166 valence electrons. The van der Waals surface area contributed by atoms with E-state index in [1.807, 2.05) is 27.9 Å². The van der Waals surface area contributed by atoms with Crippen molar-refractivity contribution in [3.63, 3.8) is 0 Å². The number of carbonyl (C=O) groups is 1. The summed E-state index contributed by atoms with van der Waals surface area (Å²) >= 11 is 14.1. The molecule has 0 amide bonds. The number of halogens is 2. The van der Waals surface area contributed by atoms with E-state index >= 15 is 0 Å². The Morgan fingerprint density at radius 3 is 2.39 bits per heavy atom. The third-order valence-electron chi connectivity index (χ3n) is 5.10. The van der Waals surface area contributed by atoms with Crippen LogP contribution in [0.15, 0.2) is 54.2 Å². The number of benzene rings is 2. The molecule has 1 unspecified atom stereocenters. The van der Waals surface area contributed by atoms with Crippen molar-refractivity contribution < 1.29 is 9.53 Å². The third kappa shape index (κ3) is 5.78. The van der Waals surface area contributed by atoms with Gasteiger partial charge >= 0.3 is 5.97 Å². The molecule has 3 rings (SSSR count). The van der Waals surface area contributed by atoms with Gasteiger partial charge in [-0.25, -0.2) is 9.10 Å². The first-order chi connectivity index (χ1) is 14.6. The van der Waals surface area contributed by atoms with Gasteiger partial charge in [-0.15, -0.1) is 0 Å². The summed E-state index contributed by atoms with van der Waals surface area (Å²) in [5, 5.41) is 1.08. The van der Waals surface area contributed by atoms with Crippen LogP contribution in [0, 0.1) is 0 Å². The van der Waals surface area contributed by atoms with Crippen LogP contribution in [0.2, 0.25) is 10.0 Å². The summed E-state index contributed by atoms with van der Waals surface area (Å²) in [6.45, 7) is 9.37. The van der Waals surface area contributed by atoms with Gasteiger partial charge in [-0.2, -0.15) is 0 Å². The second-order valence-corrected chi connectivity index (χ2v) is 10.6. The molecule has 2 aromatic carbocycles. The van der Waals surface area contributed by atoms with Gasteiger partial charge < -0.3 is 9.04 Å². The van der Waals surface area contributed by atoms with Crippen LogP contribution in [0.5, 0.6) is 0 Å². The fourth-order valence-corrected chi connectivity index (χ4v) is 5.02. The van der Waals surface area contributed by atoms with Gasteiger partial charge in [0.1, 0.15) is 0 Å². The highest BCUT2D eigenvalue weighted by atomic mass is 35.5. The Morgan fingerprint density at radius 2 is 1.81 bits per heavy atom. The van der Waals surface area contributed by atoms with Crippen molar-refractivity contribution in [3.05, 3.63) is 81.0 Å². The van der Waals surface area contributed by atoms with Gasteiger partial charge in [0, 0.05) is 35.4 Å². The summed E-state index contributed by atoms with van der Waals surface area (Å²) in [6.07, 6.45) is 1.87. The standard InChI is InChI=1S/C24H28Cl2N2O2S/c1-6-30-23(29)20-15-28(14-16-7-9-17(10-8-16)24(2,3)4)31-27(5)22(20)19-12-11-18(25)13-21(19)26/h7-13,15,22H,6,14H2,1-5H3. The Kier molecular flexibility index (Phi) is 7.63. The van der Waals surface area contributed by atoms with Crippen LogP contribution in [0.3, 0.4) is 0 Å². The highest BCUT2D eigenvalue weighted by molar-refractivity contribution is 7.94. The molecule has 0 saturated heterocycles. The first-order valence-corrected chi connectivity index (χ1v) is 11.7. The molecule has 0 saturated carbocycles. The number of likely N-dealkylation sites (N-methyl/N-ethyl adjacent to an activating group) is 1. The average Bonchev–Trinajstić information content (AvgIpc) is 2.68. The van der Waals surface area contributed by atoms with Crippen molar-refractivity contribution in [2.45, 2.75) is 45.7 Å². The molecule has 31 heavy (non-hydrogen) atoms. The van der Waals surface area contributed by atoms with Gasteiger partial charge in [0.25, 0.3) is 0 Å². The van der Waals surface area contributed by atoms with E-state index in [0.29, 0.717) is 28.8 Å². The van der Waals surface area contributed by atoms with Gasteiger partial charge in [0.05, 0.1) is 24.8 Å². The van der Waals surface area contributed by atoms with E-state index < -0.39 is 0 Å². The summed E-state index contributed by atoms with van der Waals surface area (Å²) in [5.41, 5.74) is 3.92. The molecule has 0 fully saturated rings. The van der Waals surface area contributed by atoms with E-state index in [-0.39, 0.29) is 17.4 Å². The normalized spacial score (nSPS) is 17.5. The first-order valence-electron chi connectivity index (χ1n) is 10.2. The van der Waals surface area contributed by atoms with E-state index in [9.17, 15) is 4.79 Å². The Hall–Kier alpha value is -1.66. The molecule has 7 heteroatoms. The molecule has 4 nitrogen and oxygen atoms in total. The minimum absolute atomic E-state index is 0.112. The summed E-state index contributed by atoms with van der Waals surface area (Å²) in [4.78, 5) is 12.8. The van der Waals surface area contributed by atoms with E-state index in [1.54, 1.807) is 19.1 Å². The molecule has 0 aliphatic carbocycles. The number of carbonyl (C=O) groups excluding carboxylic acids is 1. The lowest BCUT2D eigenvalue weighted by atomic mass is 9.87. The Labute approximate surface area is 199 Å². The van der Waals surface area contributed by atoms with Crippen molar-refractivity contribution in [1.29, 1.82) is 0 Å². The Morgan fingerprint density at radius 1 is 1.13 bits per heavy atom. The number of esters is 1. The lowest BCUT2D eigenvalue weighted by Crippen LogP contribution is -2.33. The van der Waals surface area contributed by atoms with Gasteiger partial charge in [-0.1, -0.05) is 74.3 Å². The van der Waals surface area contributed by atoms with Crippen LogP contribution in [0.25, 0.3) is 0 Å². The predicted octanol–water partition coefficient (Wildman–Crippen LogP) is 6.79. The van der Waals surface area contributed by atoms with Crippen molar-refractivity contribution in [3.8, 4) is 0 Å². The Balaban J connectivity index is 1.91. The molecular weight excluding hydrogens is 451 g/mol. The van der Waals surface area contributed by atoms with E-state index in [4.69, 9.17) is 27.9 Å². The zero-order chi connectivity index (χ0) is 22.8. The number of hydrogen-bond acceptors (Lipinski definition) is 5. The maximum absolute atomic E-state index is 12.8. The van der Waals surface area contributed by atoms with E-state index in [2.05, 4.69) is 45.0 Å². The zero-order valence-corrected chi connectivity index (χ0v) is 20.8. The summed E-state index contributed by atoms with van der Waals surface area (Å²) in [7, 11) is 1.95. The predicted molar refractivity (Wildman–Crippen MR) is 130 cm³/mol. The second-order valence-electron chi connectivity index (χ2n) is 8.52. The molecule has 0 radical (unpaired) electrons. The molecule has 0 bridgehead atoms. The number of rotatable bonds is 5. The maximum atomic E-state index is 12.8. The fourth-order valence-electron chi connectivity index (χ4n) is 3.49. The molecule has 1 aliphatic heterocycles. The smallest absolute Gasteiger partial charge is 0.337 e. The number of ether oxygens (including phenoxy) is 1. The van der Waals surface area contributed by atoms with Crippen molar-refractivity contribution in [2.24, 2.45) is 0 Å². The minimum atomic E-state index is -0.348. The van der Waals surface area contributed by atoms with Crippen molar-refractivity contribution in [1.82, 2.24) is 8.61 Å². The number of nitrogens with zero attached hydrogens (tertiary/aromatic N) is 2. The molecule has 0 spiro atoms. The maximum Gasteiger partial charge on any atom is 0.337 e. The van der Waals surface area contributed by atoms with Crippen LogP contribution in [-0.2, 0) is 21.5 Å². The zero-order valence-electron chi connectivity index (χ0n) is 18.5. The van der Waals surface area contributed by atoms with Gasteiger partial charge in [0.2, 0.25) is 0 Å². The summed E-state index contributed by atoms with van der Waals surface area (Å²) in [5.74, 6) is -0.348. The van der Waals surface area contributed by atoms with E-state index in [1.165, 1.54) is 17.7 Å². The second kappa shape index (κ2) is 9.86.